The minimum atomic E-state index is -1.72. The highest BCUT2D eigenvalue weighted by Gasteiger charge is 2.01. The minimum Gasteiger partial charge on any atom is -0.450 e. The monoisotopic (exact) mass is 108 g/mol. The molecule has 4 heteroatoms. The van der Waals surface area contributed by atoms with Gasteiger partial charge in [-0.3, -0.25) is 0 Å². The molecule has 0 aliphatic carbocycles. The number of carbonyl (C=O) groups is 1. The van der Waals surface area contributed by atoms with Gasteiger partial charge in [0.05, 0.1) is 0 Å². The molecule has 0 fully saturated rings. The zero-order valence-corrected chi connectivity index (χ0v) is 3.72. The van der Waals surface area contributed by atoms with Crippen LogP contribution < -0.4 is 0 Å². The Morgan fingerprint density at radius 2 is 2.43 bits per heavy atom. The zero-order valence-electron chi connectivity index (χ0n) is 3.72. The Kier molecular flexibility index (Phi) is 2.11. The Morgan fingerprint density at radius 1 is 2.00 bits per heavy atom. The quantitative estimate of drug-likeness (QED) is 0.509. The third kappa shape index (κ3) is 5.20. The lowest BCUT2D eigenvalue weighted by Gasteiger charge is -1.95. The van der Waals surface area contributed by atoms with Crippen molar-refractivity contribution in [3.05, 3.63) is 0 Å². The molecule has 0 aromatic carbocycles. The van der Waals surface area contributed by atoms with Gasteiger partial charge < -0.3 is 9.84 Å². The fourth-order valence-corrected chi connectivity index (χ4v) is 0.139. The van der Waals surface area contributed by atoms with Gasteiger partial charge >= 0.3 is 6.16 Å². The topological polar surface area (TPSA) is 46.5 Å². The summed E-state index contributed by atoms with van der Waals surface area (Å²) in [4.78, 5) is 9.35. The van der Waals surface area contributed by atoms with Crippen LogP contribution in [0.15, 0.2) is 0 Å². The Labute approximate surface area is 39.7 Å². The number of hydrogen-bond acceptors (Lipinski definition) is 2. The fraction of sp³-hybridized carbons (Fsp3) is 0.667. The van der Waals surface area contributed by atoms with Crippen molar-refractivity contribution in [2.45, 2.75) is 13.3 Å². The van der Waals surface area contributed by atoms with Crippen LogP contribution in [0.1, 0.15) is 6.92 Å². The van der Waals surface area contributed by atoms with E-state index in [4.69, 9.17) is 5.11 Å². The molecule has 0 aliphatic heterocycles. The molecular weight excluding hydrogens is 103 g/mol. The first kappa shape index (κ1) is 6.20. The van der Waals surface area contributed by atoms with E-state index in [1.807, 2.05) is 0 Å². The maximum atomic E-state index is 11.3. The highest BCUT2D eigenvalue weighted by atomic mass is 19.1. The van der Waals surface area contributed by atoms with Gasteiger partial charge in [0.25, 0.3) is 0 Å². The molecule has 0 bridgehead atoms. The van der Waals surface area contributed by atoms with Crippen LogP contribution in [0.3, 0.4) is 0 Å². The van der Waals surface area contributed by atoms with Crippen molar-refractivity contribution >= 4 is 6.16 Å². The second kappa shape index (κ2) is 2.39. The van der Waals surface area contributed by atoms with Gasteiger partial charge in [-0.15, -0.1) is 0 Å². The van der Waals surface area contributed by atoms with Gasteiger partial charge in [0, 0.05) is 6.92 Å². The van der Waals surface area contributed by atoms with Crippen molar-refractivity contribution < 1.29 is 19.0 Å². The Bertz CT molecular complexity index is 70.6. The molecule has 0 amide bonds. The summed E-state index contributed by atoms with van der Waals surface area (Å²) in [6.07, 6.45) is -3.31. The predicted molar refractivity (Wildman–Crippen MR) is 19.7 cm³/mol. The fourth-order valence-electron chi connectivity index (χ4n) is 0.139. The lowest BCUT2D eigenvalue weighted by molar-refractivity contribution is -0.00280. The smallest absolute Gasteiger partial charge is 0.450 e. The summed E-state index contributed by atoms with van der Waals surface area (Å²) >= 11 is 0. The van der Waals surface area contributed by atoms with E-state index in [-0.39, 0.29) is 0 Å². The van der Waals surface area contributed by atoms with Gasteiger partial charge in [-0.2, -0.15) is 0 Å². The lowest BCUT2D eigenvalue weighted by Crippen LogP contribution is -2.06. The van der Waals surface area contributed by atoms with Crippen molar-refractivity contribution in [2.75, 3.05) is 0 Å². The van der Waals surface area contributed by atoms with E-state index in [0.717, 1.165) is 6.92 Å². The molecule has 0 spiro atoms. The van der Waals surface area contributed by atoms with Crippen molar-refractivity contribution in [1.29, 1.82) is 0 Å². The van der Waals surface area contributed by atoms with Crippen LogP contribution >= 0.6 is 0 Å². The summed E-state index contributed by atoms with van der Waals surface area (Å²) < 4.78 is 14.8. The number of rotatable bonds is 1. The second-order valence-corrected chi connectivity index (χ2v) is 0.927. The Balaban J connectivity index is 3.13. The molecule has 0 saturated carbocycles. The zero-order chi connectivity index (χ0) is 5.86. The van der Waals surface area contributed by atoms with E-state index in [1.165, 1.54) is 0 Å². The predicted octanol–water partition coefficient (Wildman–Crippen LogP) is 0.996. The first-order chi connectivity index (χ1) is 3.13. The second-order valence-electron chi connectivity index (χ2n) is 0.927. The number of halogens is 1. The SMILES string of the molecule is CC(F)OC(=O)O. The summed E-state index contributed by atoms with van der Waals surface area (Å²) in [5.74, 6) is 0. The molecule has 0 aromatic heterocycles. The van der Waals surface area contributed by atoms with E-state index in [2.05, 4.69) is 4.74 Å². The van der Waals surface area contributed by atoms with Gasteiger partial charge in [0.1, 0.15) is 0 Å². The number of hydrogen-bond donors (Lipinski definition) is 1. The van der Waals surface area contributed by atoms with Crippen molar-refractivity contribution in [2.24, 2.45) is 0 Å². The molecule has 1 N–H and O–H groups in total. The third-order valence-electron chi connectivity index (χ3n) is 0.263. The van der Waals surface area contributed by atoms with Crippen LogP contribution in [0.25, 0.3) is 0 Å². The molecule has 1 atom stereocenters. The van der Waals surface area contributed by atoms with E-state index < -0.39 is 12.5 Å². The number of ether oxygens (including phenoxy) is 1. The first-order valence-corrected chi connectivity index (χ1v) is 1.66. The number of alkyl halides is 1. The minimum absolute atomic E-state index is 0.994. The maximum Gasteiger partial charge on any atom is 0.508 e. The lowest BCUT2D eigenvalue weighted by atomic mass is 10.8. The van der Waals surface area contributed by atoms with Crippen molar-refractivity contribution in [3.63, 3.8) is 0 Å². The molecule has 0 rings (SSSR count). The summed E-state index contributed by atoms with van der Waals surface area (Å²) in [5.41, 5.74) is 0. The van der Waals surface area contributed by atoms with Crippen molar-refractivity contribution in [1.82, 2.24) is 0 Å². The van der Waals surface area contributed by atoms with Gasteiger partial charge in [-0.25, -0.2) is 9.18 Å². The van der Waals surface area contributed by atoms with E-state index in [0.29, 0.717) is 0 Å². The molecule has 3 nitrogen and oxygen atoms in total. The molecule has 0 radical (unpaired) electrons. The molecule has 42 valence electrons. The summed E-state index contributed by atoms with van der Waals surface area (Å²) in [6, 6.07) is 0. The molecule has 0 heterocycles. The molecule has 0 aromatic rings. The summed E-state index contributed by atoms with van der Waals surface area (Å²) in [7, 11) is 0. The van der Waals surface area contributed by atoms with Crippen molar-refractivity contribution in [3.8, 4) is 0 Å². The van der Waals surface area contributed by atoms with Gasteiger partial charge in [0.15, 0.2) is 0 Å². The number of carboxylic acid groups (broad SMARTS) is 1. The average molecular weight is 108 g/mol. The van der Waals surface area contributed by atoms with Crippen LogP contribution in [0, 0.1) is 0 Å². The average Bonchev–Trinajstić information content (AvgIpc) is 1.27. The van der Waals surface area contributed by atoms with E-state index in [1.54, 1.807) is 0 Å². The van der Waals surface area contributed by atoms with Gasteiger partial charge in [-0.1, -0.05) is 0 Å². The van der Waals surface area contributed by atoms with Gasteiger partial charge in [0.2, 0.25) is 6.36 Å². The van der Waals surface area contributed by atoms with Crippen LogP contribution in [-0.4, -0.2) is 17.6 Å². The van der Waals surface area contributed by atoms with Crippen LogP contribution in [0.5, 0.6) is 0 Å². The molecule has 0 saturated heterocycles. The molecular formula is C3H5FO3. The van der Waals surface area contributed by atoms with Gasteiger partial charge in [-0.05, 0) is 0 Å². The largest absolute Gasteiger partial charge is 0.508 e. The van der Waals surface area contributed by atoms with E-state index in [9.17, 15) is 9.18 Å². The van der Waals surface area contributed by atoms with Crippen LogP contribution in [-0.2, 0) is 4.74 Å². The van der Waals surface area contributed by atoms with E-state index >= 15 is 0 Å². The maximum absolute atomic E-state index is 11.3. The highest BCUT2D eigenvalue weighted by molar-refractivity contribution is 5.56. The summed E-state index contributed by atoms with van der Waals surface area (Å²) in [6.45, 7) is 0.994. The summed E-state index contributed by atoms with van der Waals surface area (Å²) in [5, 5.41) is 7.62. The Morgan fingerprint density at radius 3 is 2.43 bits per heavy atom. The Hall–Kier alpha value is -0.800. The third-order valence-corrected chi connectivity index (χ3v) is 0.263. The normalized spacial score (nSPS) is 12.9. The molecule has 1 unspecified atom stereocenters. The standard InChI is InChI=1S/C3H5FO3/c1-2(4)7-3(5)6/h2H,1H3,(H,5,6). The van der Waals surface area contributed by atoms with Crippen LogP contribution in [0.4, 0.5) is 9.18 Å². The molecule has 0 aliphatic rings. The van der Waals surface area contributed by atoms with Crippen LogP contribution in [0.2, 0.25) is 0 Å². The molecule has 7 heavy (non-hydrogen) atoms. The first-order valence-electron chi connectivity index (χ1n) is 1.66. The highest BCUT2D eigenvalue weighted by Crippen LogP contribution is 1.89.